The number of hydrogen-bond donors (Lipinski definition) is 3. The first-order valence-electron chi connectivity index (χ1n) is 27.9. The Morgan fingerprint density at radius 2 is 1.64 bits per heavy atom. The van der Waals surface area contributed by atoms with Gasteiger partial charge in [-0.3, -0.25) is 24.0 Å². The summed E-state index contributed by atoms with van der Waals surface area (Å²) in [5, 5.41) is 13.8. The van der Waals surface area contributed by atoms with E-state index in [2.05, 4.69) is 33.2 Å². The van der Waals surface area contributed by atoms with Gasteiger partial charge in [0.1, 0.15) is 36.8 Å². The number of hydrogen-bond acceptors (Lipinski definition) is 13. The highest BCUT2D eigenvalue weighted by molar-refractivity contribution is 7.13. The van der Waals surface area contributed by atoms with E-state index in [1.165, 1.54) is 16.2 Å². The number of nitrogens with zero attached hydrogens (tertiary/aromatic N) is 4. The van der Waals surface area contributed by atoms with Crippen LogP contribution in [-0.4, -0.2) is 125 Å². The summed E-state index contributed by atoms with van der Waals surface area (Å²) in [4.78, 5) is 82.6. The normalized spacial score (nSPS) is 16.7. The number of rotatable bonds is 23. The molecule has 5 heterocycles. The van der Waals surface area contributed by atoms with Crippen molar-refractivity contribution in [3.63, 3.8) is 0 Å². The van der Waals surface area contributed by atoms with Crippen molar-refractivity contribution in [3.05, 3.63) is 151 Å². The zero-order chi connectivity index (χ0) is 56.6. The first-order chi connectivity index (χ1) is 38.6. The number of carbonyl (C=O) groups is 4. The Labute approximate surface area is 472 Å². The molecule has 3 aliphatic heterocycles. The molecule has 0 spiro atoms. The maximum Gasteiger partial charge on any atom is 0.255 e. The number of aromatic amines is 1. The third kappa shape index (κ3) is 13.0. The van der Waals surface area contributed by atoms with Crippen LogP contribution >= 0.6 is 11.3 Å². The second-order valence-corrected chi connectivity index (χ2v) is 22.3. The van der Waals surface area contributed by atoms with Crippen molar-refractivity contribution in [2.45, 2.75) is 118 Å². The number of aryl methyl sites for hydroxylation is 3. The number of Topliss-reactive ketones (excluding diaryl/α,β-unsaturated/α-hetero) is 1. The van der Waals surface area contributed by atoms with Gasteiger partial charge in [0.05, 0.1) is 35.4 Å². The number of H-pyrrole nitrogens is 1. The number of carbonyl (C=O) groups excluding carboxylic acids is 4. The molecule has 80 heavy (non-hydrogen) atoms. The summed E-state index contributed by atoms with van der Waals surface area (Å²) in [6.45, 7) is 17.3. The lowest BCUT2D eigenvalue weighted by atomic mass is 9.92. The van der Waals surface area contributed by atoms with Gasteiger partial charge in [0.25, 0.3) is 11.5 Å². The van der Waals surface area contributed by atoms with Crippen LogP contribution in [0.4, 0.5) is 5.69 Å². The van der Waals surface area contributed by atoms with Crippen LogP contribution < -0.4 is 25.2 Å². The molecule has 0 radical (unpaired) electrons. The van der Waals surface area contributed by atoms with Crippen molar-refractivity contribution in [3.8, 4) is 33.1 Å². The molecule has 3 N–H and O–H groups in total. The molecule has 422 valence electrons. The smallest absolute Gasteiger partial charge is 0.255 e. The molecule has 2 fully saturated rings. The van der Waals surface area contributed by atoms with Crippen LogP contribution in [0.1, 0.15) is 106 Å². The Bertz CT molecular complexity index is 3260. The summed E-state index contributed by atoms with van der Waals surface area (Å²) in [5.41, 5.74) is 12.4. The number of benzene rings is 4. The summed E-state index contributed by atoms with van der Waals surface area (Å²) in [5.74, 6) is -0.0126. The average Bonchev–Trinajstić information content (AvgIpc) is 4.17. The molecule has 4 aromatic carbocycles. The number of aromatic nitrogens is 2. The molecule has 3 aliphatic rings. The van der Waals surface area contributed by atoms with Crippen LogP contribution in [0, 0.1) is 33.6 Å². The van der Waals surface area contributed by atoms with Gasteiger partial charge in [0.2, 0.25) is 11.8 Å². The van der Waals surface area contributed by atoms with Crippen molar-refractivity contribution in [1.29, 1.82) is 0 Å². The van der Waals surface area contributed by atoms with E-state index in [4.69, 9.17) is 18.9 Å². The standard InChI is InChI=1S/C63H74N6O10S/c1-8-67(48-21-23-76-24-22-48)54-31-47(30-53(41(54)6)56(71)20-19-51-39(4)29-40(5)66-60(51)72)43-15-17-50(18-16-43)78-27-25-77-26-28-79-57-32-44(59-42(7)65-37-80-59)13-14-45(57)34-64-61(73)55-33-49(70)36-68(55)63(75)58(38(2)3)69-35-46-11-9-10-12-52(46)62(69)74/h9-18,29-32,37-38,48-49,55,58,70H,8,19-28,33-36H2,1-7H3,(H,64,73)(H,66,72)/t49-,55+,58+/m1/s1. The first kappa shape index (κ1) is 57.5. The fraction of sp³-hybridized carbons (Fsp3) is 0.429. The quantitative estimate of drug-likeness (QED) is 0.0408. The third-order valence-electron chi connectivity index (χ3n) is 15.7. The fourth-order valence-electron chi connectivity index (χ4n) is 11.5. The molecule has 3 atom stereocenters. The fourth-order valence-corrected chi connectivity index (χ4v) is 12.3. The van der Waals surface area contributed by atoms with E-state index in [0.29, 0.717) is 73.1 Å². The third-order valence-corrected chi connectivity index (χ3v) is 16.7. The van der Waals surface area contributed by atoms with Gasteiger partial charge in [-0.2, -0.15) is 0 Å². The monoisotopic (exact) mass is 1110 g/mol. The van der Waals surface area contributed by atoms with E-state index >= 15 is 0 Å². The molecule has 6 aromatic rings. The number of pyridine rings is 1. The van der Waals surface area contributed by atoms with Gasteiger partial charge < -0.3 is 49.1 Å². The molecule has 9 rings (SSSR count). The average molecular weight is 1110 g/mol. The van der Waals surface area contributed by atoms with E-state index in [0.717, 1.165) is 74.7 Å². The molecule has 0 bridgehead atoms. The van der Waals surface area contributed by atoms with E-state index in [1.54, 1.807) is 16.5 Å². The van der Waals surface area contributed by atoms with Crippen LogP contribution in [-0.2, 0) is 38.6 Å². The van der Waals surface area contributed by atoms with Crippen molar-refractivity contribution in [2.24, 2.45) is 5.92 Å². The maximum atomic E-state index is 14.3. The first-order valence-corrected chi connectivity index (χ1v) is 28.8. The van der Waals surface area contributed by atoms with Crippen molar-refractivity contribution in [1.82, 2.24) is 25.1 Å². The molecule has 16 nitrogen and oxygen atoms in total. The minimum Gasteiger partial charge on any atom is -0.491 e. The van der Waals surface area contributed by atoms with Crippen molar-refractivity contribution >= 4 is 40.5 Å². The summed E-state index contributed by atoms with van der Waals surface area (Å²) in [6, 6.07) is 25.6. The SMILES string of the molecule is CCN(c1cc(-c2ccc(OCCOCCOc3cc(-c4scnc4C)ccc3CNC(=O)[C@@H]3C[C@@H](O)CN3C(=O)[C@H](C(C)C)N3Cc4ccccc4C3=O)cc2)cc(C(=O)CCc2c(C)cc(C)[nH]c2=O)c1C)C1CCOCC1. The number of likely N-dealkylation sites (tertiary alicyclic amines) is 1. The second-order valence-electron chi connectivity index (χ2n) is 21.5. The number of ketones is 1. The molecule has 0 aliphatic carbocycles. The molecular formula is C63H74N6O10S. The van der Waals surface area contributed by atoms with Gasteiger partial charge in [-0.25, -0.2) is 4.98 Å². The number of aliphatic hydroxyl groups is 1. The zero-order valence-corrected chi connectivity index (χ0v) is 47.8. The molecule has 3 amide bonds. The minimum absolute atomic E-state index is 0.00683. The van der Waals surface area contributed by atoms with Gasteiger partial charge >= 0.3 is 0 Å². The predicted molar refractivity (Wildman–Crippen MR) is 310 cm³/mol. The number of amides is 3. The van der Waals surface area contributed by atoms with Crippen LogP contribution in [0.15, 0.2) is 95.2 Å². The number of β-amino-alcohol motifs (C(OH)–C–C–N with tert-alkyl or cyclic N) is 1. The van der Waals surface area contributed by atoms with Crippen molar-refractivity contribution in [2.75, 3.05) is 57.6 Å². The number of fused-ring (bicyclic) bond motifs is 1. The van der Waals surface area contributed by atoms with E-state index in [-0.39, 0.29) is 74.3 Å². The highest BCUT2D eigenvalue weighted by Gasteiger charge is 2.46. The van der Waals surface area contributed by atoms with Crippen LogP contribution in [0.25, 0.3) is 21.6 Å². The maximum absolute atomic E-state index is 14.3. The topological polar surface area (TPSA) is 193 Å². The minimum atomic E-state index is -0.929. The van der Waals surface area contributed by atoms with Gasteiger partial charge in [-0.1, -0.05) is 56.3 Å². The van der Waals surface area contributed by atoms with E-state index in [1.807, 2.05) is 114 Å². The lowest BCUT2D eigenvalue weighted by Crippen LogP contribution is -2.55. The summed E-state index contributed by atoms with van der Waals surface area (Å²) < 4.78 is 24.1. The number of nitrogens with one attached hydrogen (secondary N) is 2. The Hall–Kier alpha value is -7.18. The molecule has 2 aromatic heterocycles. The molecule has 0 unspecified atom stereocenters. The number of aliphatic hydroxyl groups excluding tert-OH is 1. The van der Waals surface area contributed by atoms with Crippen LogP contribution in [0.5, 0.6) is 11.5 Å². The zero-order valence-electron chi connectivity index (χ0n) is 47.0. The predicted octanol–water partition coefficient (Wildman–Crippen LogP) is 8.95. The van der Waals surface area contributed by atoms with Crippen LogP contribution in [0.2, 0.25) is 0 Å². The highest BCUT2D eigenvalue weighted by atomic mass is 32.1. The van der Waals surface area contributed by atoms with Crippen molar-refractivity contribution < 1.29 is 43.2 Å². The molecule has 2 saturated heterocycles. The highest BCUT2D eigenvalue weighted by Crippen LogP contribution is 2.37. The Morgan fingerprint density at radius 1 is 0.900 bits per heavy atom. The van der Waals surface area contributed by atoms with Gasteiger partial charge in [0, 0.05) is 91.9 Å². The number of ether oxygens (including phenoxy) is 4. The Morgan fingerprint density at radius 3 is 2.34 bits per heavy atom. The van der Waals surface area contributed by atoms with E-state index < -0.39 is 24.1 Å². The van der Waals surface area contributed by atoms with Gasteiger partial charge in [0.15, 0.2) is 5.78 Å². The molecular weight excluding hydrogens is 1030 g/mol. The number of anilines is 1. The number of thiazole rings is 1. The Balaban J connectivity index is 0.810. The largest absolute Gasteiger partial charge is 0.491 e. The van der Waals surface area contributed by atoms with Gasteiger partial charge in [-0.05, 0) is 136 Å². The van der Waals surface area contributed by atoms with Gasteiger partial charge in [-0.15, -0.1) is 11.3 Å². The van der Waals surface area contributed by atoms with E-state index in [9.17, 15) is 29.1 Å². The van der Waals surface area contributed by atoms with Crippen LogP contribution in [0.3, 0.4) is 0 Å². The second kappa shape index (κ2) is 25.9. The summed E-state index contributed by atoms with van der Waals surface area (Å²) in [6.07, 6.45) is 1.56. The molecule has 0 saturated carbocycles. The lowest BCUT2D eigenvalue weighted by molar-refractivity contribution is -0.143. The Kier molecular flexibility index (Phi) is 18.7. The summed E-state index contributed by atoms with van der Waals surface area (Å²) in [7, 11) is 0. The lowest BCUT2D eigenvalue weighted by Gasteiger charge is -2.37. The molecule has 17 heteroatoms. The summed E-state index contributed by atoms with van der Waals surface area (Å²) >= 11 is 1.52.